The molecule has 0 saturated heterocycles. The number of phenolic OH excluding ortho intramolecular Hbond substituents is 1. The summed E-state index contributed by atoms with van der Waals surface area (Å²) in [5.74, 6) is 0.339. The van der Waals surface area contributed by atoms with E-state index in [-0.39, 0.29) is 36.6 Å². The summed E-state index contributed by atoms with van der Waals surface area (Å²) in [6.07, 6.45) is 1.99. The van der Waals surface area contributed by atoms with Gasteiger partial charge in [-0.05, 0) is 24.3 Å². The molecule has 6 nitrogen and oxygen atoms in total. The minimum atomic E-state index is -0.302. The maximum atomic E-state index is 11.9. The largest absolute Gasteiger partial charge is 0.508 e. The molecule has 112 valence electrons. The van der Waals surface area contributed by atoms with Crippen LogP contribution in [0, 0.1) is 0 Å². The van der Waals surface area contributed by atoms with Crippen molar-refractivity contribution in [1.29, 1.82) is 0 Å². The van der Waals surface area contributed by atoms with E-state index in [4.69, 9.17) is 4.74 Å². The lowest BCUT2D eigenvalue weighted by Gasteiger charge is -2.26. The molecule has 2 rings (SSSR count). The predicted octanol–water partition coefficient (Wildman–Crippen LogP) is 1.02. The molecule has 0 fully saturated rings. The zero-order chi connectivity index (χ0) is 15.2. The van der Waals surface area contributed by atoms with Crippen molar-refractivity contribution in [1.82, 2.24) is 10.6 Å². The highest BCUT2D eigenvalue weighted by Gasteiger charge is 2.23. The van der Waals surface area contributed by atoms with Gasteiger partial charge in [-0.3, -0.25) is 9.59 Å². The first-order chi connectivity index (χ1) is 10.1. The maximum absolute atomic E-state index is 11.9. The van der Waals surface area contributed by atoms with Gasteiger partial charge in [0.15, 0.2) is 0 Å². The van der Waals surface area contributed by atoms with Gasteiger partial charge in [0.1, 0.15) is 11.5 Å². The summed E-state index contributed by atoms with van der Waals surface area (Å²) in [5.41, 5.74) is 0.768. The van der Waals surface area contributed by atoms with Crippen molar-refractivity contribution in [3.8, 4) is 11.5 Å². The van der Waals surface area contributed by atoms with Crippen LogP contribution in [0.3, 0.4) is 0 Å². The average Bonchev–Trinajstić information content (AvgIpc) is 2.47. The second-order valence-electron chi connectivity index (χ2n) is 4.72. The molecule has 0 aliphatic carbocycles. The Morgan fingerprint density at radius 2 is 2.29 bits per heavy atom. The fraction of sp³-hybridized carbons (Fsp3) is 0.333. The molecule has 0 unspecified atom stereocenters. The topological polar surface area (TPSA) is 87.7 Å². The monoisotopic (exact) mass is 290 g/mol. The molecule has 0 aromatic heterocycles. The molecule has 1 aliphatic rings. The lowest BCUT2D eigenvalue weighted by molar-refractivity contribution is -0.122. The van der Waals surface area contributed by atoms with Crippen LogP contribution >= 0.6 is 0 Å². The Morgan fingerprint density at radius 3 is 3.05 bits per heavy atom. The summed E-state index contributed by atoms with van der Waals surface area (Å²) < 4.78 is 5.49. The normalized spacial score (nSPS) is 16.3. The number of amides is 2. The van der Waals surface area contributed by atoms with Crippen LogP contribution in [0.1, 0.15) is 24.4 Å². The van der Waals surface area contributed by atoms with Crippen LogP contribution in [0.4, 0.5) is 0 Å². The van der Waals surface area contributed by atoms with Crippen LogP contribution in [-0.2, 0) is 9.59 Å². The van der Waals surface area contributed by atoms with Gasteiger partial charge in [-0.2, -0.15) is 0 Å². The van der Waals surface area contributed by atoms with Crippen molar-refractivity contribution >= 4 is 11.8 Å². The molecule has 1 atom stereocenters. The highest BCUT2D eigenvalue weighted by atomic mass is 16.5. The number of hydrogen-bond acceptors (Lipinski definition) is 4. The molecule has 1 heterocycles. The van der Waals surface area contributed by atoms with E-state index in [1.807, 2.05) is 0 Å². The Hall–Kier alpha value is -2.50. The van der Waals surface area contributed by atoms with E-state index >= 15 is 0 Å². The van der Waals surface area contributed by atoms with Crippen LogP contribution < -0.4 is 15.4 Å². The van der Waals surface area contributed by atoms with Gasteiger partial charge in [-0.25, -0.2) is 0 Å². The van der Waals surface area contributed by atoms with Crippen molar-refractivity contribution in [2.24, 2.45) is 0 Å². The molecule has 6 heteroatoms. The summed E-state index contributed by atoms with van der Waals surface area (Å²) in [4.78, 5) is 22.9. The number of aromatic hydroxyl groups is 1. The SMILES string of the molecule is C=CC(=O)NCCC(=O)N[C@@H]1CCOc2ccc(O)cc21. The Balaban J connectivity index is 1.92. The van der Waals surface area contributed by atoms with Gasteiger partial charge in [0.05, 0.1) is 12.6 Å². The highest BCUT2D eigenvalue weighted by Crippen LogP contribution is 2.34. The highest BCUT2D eigenvalue weighted by molar-refractivity contribution is 5.87. The quantitative estimate of drug-likeness (QED) is 0.707. The zero-order valence-electron chi connectivity index (χ0n) is 11.6. The first-order valence-corrected chi connectivity index (χ1v) is 6.75. The maximum Gasteiger partial charge on any atom is 0.243 e. The standard InChI is InChI=1S/C15H18N2O4/c1-2-14(19)16-7-5-15(20)17-12-6-8-21-13-4-3-10(18)9-11(12)13/h2-4,9,12,18H,1,5-8H2,(H,16,19)(H,17,20)/t12-/m1/s1. The minimum Gasteiger partial charge on any atom is -0.508 e. The molecule has 0 saturated carbocycles. The summed E-state index contributed by atoms with van der Waals surface area (Å²) in [6.45, 7) is 4.10. The molecule has 0 radical (unpaired) electrons. The van der Waals surface area contributed by atoms with Crippen molar-refractivity contribution in [2.45, 2.75) is 18.9 Å². The first-order valence-electron chi connectivity index (χ1n) is 6.75. The Morgan fingerprint density at radius 1 is 1.48 bits per heavy atom. The Bertz CT molecular complexity index is 557. The van der Waals surface area contributed by atoms with E-state index in [0.29, 0.717) is 18.8 Å². The van der Waals surface area contributed by atoms with Gasteiger partial charge in [0, 0.05) is 24.9 Å². The molecule has 0 bridgehead atoms. The summed E-state index contributed by atoms with van der Waals surface area (Å²) in [6, 6.07) is 4.64. The number of carbonyl (C=O) groups excluding carboxylic acids is 2. The molecule has 1 aliphatic heterocycles. The zero-order valence-corrected chi connectivity index (χ0v) is 11.6. The van der Waals surface area contributed by atoms with Crippen LogP contribution in [0.2, 0.25) is 0 Å². The molecular formula is C15H18N2O4. The van der Waals surface area contributed by atoms with Crippen LogP contribution in [0.5, 0.6) is 11.5 Å². The molecule has 21 heavy (non-hydrogen) atoms. The van der Waals surface area contributed by atoms with Crippen molar-refractivity contribution in [3.63, 3.8) is 0 Å². The Kier molecular flexibility index (Phi) is 4.81. The van der Waals surface area contributed by atoms with E-state index in [1.54, 1.807) is 18.2 Å². The van der Waals surface area contributed by atoms with Crippen LogP contribution in [-0.4, -0.2) is 30.1 Å². The summed E-state index contributed by atoms with van der Waals surface area (Å²) in [7, 11) is 0. The number of phenols is 1. The van der Waals surface area contributed by atoms with E-state index in [9.17, 15) is 14.7 Å². The fourth-order valence-electron chi connectivity index (χ4n) is 2.17. The Labute approximate surface area is 122 Å². The molecule has 1 aromatic carbocycles. The number of benzene rings is 1. The number of fused-ring (bicyclic) bond motifs is 1. The van der Waals surface area contributed by atoms with Crippen molar-refractivity contribution < 1.29 is 19.4 Å². The third-order valence-electron chi connectivity index (χ3n) is 3.20. The number of carbonyl (C=O) groups is 2. The third-order valence-corrected chi connectivity index (χ3v) is 3.20. The van der Waals surface area contributed by atoms with Crippen LogP contribution in [0.15, 0.2) is 30.9 Å². The van der Waals surface area contributed by atoms with Gasteiger partial charge in [-0.15, -0.1) is 0 Å². The van der Waals surface area contributed by atoms with Gasteiger partial charge in [-0.1, -0.05) is 6.58 Å². The van der Waals surface area contributed by atoms with Crippen molar-refractivity contribution in [2.75, 3.05) is 13.2 Å². The number of hydrogen-bond donors (Lipinski definition) is 3. The summed E-state index contributed by atoms with van der Waals surface area (Å²) in [5, 5.41) is 15.0. The predicted molar refractivity (Wildman–Crippen MR) is 76.9 cm³/mol. The number of rotatable bonds is 5. The van der Waals surface area contributed by atoms with Crippen molar-refractivity contribution in [3.05, 3.63) is 36.4 Å². The van der Waals surface area contributed by atoms with Gasteiger partial charge < -0.3 is 20.5 Å². The van der Waals surface area contributed by atoms with Gasteiger partial charge in [0.2, 0.25) is 11.8 Å². The first kappa shape index (κ1) is 14.9. The second-order valence-corrected chi connectivity index (χ2v) is 4.72. The van der Waals surface area contributed by atoms with E-state index in [0.717, 1.165) is 11.6 Å². The lowest BCUT2D eigenvalue weighted by Crippen LogP contribution is -2.34. The van der Waals surface area contributed by atoms with Gasteiger partial charge >= 0.3 is 0 Å². The molecular weight excluding hydrogens is 272 g/mol. The minimum absolute atomic E-state index is 0.136. The molecule has 1 aromatic rings. The van der Waals surface area contributed by atoms with Crippen LogP contribution in [0.25, 0.3) is 0 Å². The van der Waals surface area contributed by atoms with Gasteiger partial charge in [0.25, 0.3) is 0 Å². The third kappa shape index (κ3) is 3.98. The lowest BCUT2D eigenvalue weighted by atomic mass is 10.00. The second kappa shape index (κ2) is 6.78. The van der Waals surface area contributed by atoms with E-state index in [2.05, 4.69) is 17.2 Å². The molecule has 0 spiro atoms. The molecule has 2 amide bonds. The summed E-state index contributed by atoms with van der Waals surface area (Å²) >= 11 is 0. The number of nitrogens with one attached hydrogen (secondary N) is 2. The average molecular weight is 290 g/mol. The number of ether oxygens (including phenoxy) is 1. The van der Waals surface area contributed by atoms with E-state index < -0.39 is 0 Å². The smallest absolute Gasteiger partial charge is 0.243 e. The molecule has 3 N–H and O–H groups in total. The fourth-order valence-corrected chi connectivity index (χ4v) is 2.17. The van der Waals surface area contributed by atoms with E-state index in [1.165, 1.54) is 0 Å².